The van der Waals surface area contributed by atoms with Crippen LogP contribution in [0.2, 0.25) is 0 Å². The zero-order valence-electron chi connectivity index (χ0n) is 12.1. The van der Waals surface area contributed by atoms with E-state index in [0.717, 1.165) is 16.2 Å². The van der Waals surface area contributed by atoms with Crippen LogP contribution in [-0.2, 0) is 0 Å². The maximum absolute atomic E-state index is 5.65. The van der Waals surface area contributed by atoms with Crippen LogP contribution in [0.3, 0.4) is 0 Å². The van der Waals surface area contributed by atoms with Crippen LogP contribution >= 0.6 is 15.9 Å². The van der Waals surface area contributed by atoms with Crippen LogP contribution in [0.5, 0.6) is 0 Å². The van der Waals surface area contributed by atoms with E-state index < -0.39 is 0 Å². The number of nitrogens with one attached hydrogen (secondary N) is 1. The summed E-state index contributed by atoms with van der Waals surface area (Å²) in [7, 11) is 2.04. The summed E-state index contributed by atoms with van der Waals surface area (Å²) in [5.74, 6) is 2.75. The van der Waals surface area contributed by atoms with Gasteiger partial charge in [0.15, 0.2) is 0 Å². The number of hydrogen-bond acceptors (Lipinski definition) is 2. The van der Waals surface area contributed by atoms with E-state index in [4.69, 9.17) is 4.42 Å². The van der Waals surface area contributed by atoms with E-state index in [-0.39, 0.29) is 0 Å². The Bertz CT molecular complexity index is 369. The van der Waals surface area contributed by atoms with Crippen molar-refractivity contribution in [2.45, 2.75) is 57.9 Å². The molecule has 3 heteroatoms. The maximum atomic E-state index is 5.65. The smallest absolute Gasteiger partial charge is 0.135 e. The Labute approximate surface area is 125 Å². The van der Waals surface area contributed by atoms with E-state index >= 15 is 0 Å². The van der Waals surface area contributed by atoms with Crippen LogP contribution in [0.25, 0.3) is 0 Å². The zero-order valence-corrected chi connectivity index (χ0v) is 13.7. The van der Waals surface area contributed by atoms with Gasteiger partial charge in [-0.3, -0.25) is 0 Å². The average molecular weight is 328 g/mol. The van der Waals surface area contributed by atoms with E-state index in [2.05, 4.69) is 28.2 Å². The molecule has 0 spiro atoms. The van der Waals surface area contributed by atoms with Gasteiger partial charge in [0.2, 0.25) is 0 Å². The quantitative estimate of drug-likeness (QED) is 0.766. The van der Waals surface area contributed by atoms with Crippen LogP contribution < -0.4 is 5.32 Å². The first-order valence-electron chi connectivity index (χ1n) is 7.66. The van der Waals surface area contributed by atoms with E-state index in [1.807, 2.05) is 13.1 Å². The molecule has 1 unspecified atom stereocenters. The third-order valence-electron chi connectivity index (χ3n) is 4.57. The topological polar surface area (TPSA) is 25.2 Å². The predicted molar refractivity (Wildman–Crippen MR) is 83.2 cm³/mol. The van der Waals surface area contributed by atoms with Gasteiger partial charge in [-0.1, -0.05) is 39.0 Å². The third-order valence-corrected chi connectivity index (χ3v) is 5.22. The molecule has 1 N–H and O–H groups in total. The number of hydrogen-bond donors (Lipinski definition) is 1. The molecule has 19 heavy (non-hydrogen) atoms. The monoisotopic (exact) mass is 327 g/mol. The highest BCUT2D eigenvalue weighted by Crippen LogP contribution is 2.40. The third kappa shape index (κ3) is 3.85. The Balaban J connectivity index is 1.90. The fourth-order valence-corrected chi connectivity index (χ4v) is 3.86. The lowest BCUT2D eigenvalue weighted by atomic mass is 9.76. The van der Waals surface area contributed by atoms with Gasteiger partial charge in [0.25, 0.3) is 0 Å². The molecule has 2 nitrogen and oxygen atoms in total. The van der Waals surface area contributed by atoms with Crippen LogP contribution in [0.4, 0.5) is 0 Å². The van der Waals surface area contributed by atoms with Crippen LogP contribution in [0.1, 0.15) is 63.7 Å². The SMILES string of the molecule is CCCCC1CCC(C(NC)c2occc2Br)CC1. The van der Waals surface area contributed by atoms with Gasteiger partial charge in [0.1, 0.15) is 5.76 Å². The minimum atomic E-state index is 0.358. The molecule has 108 valence electrons. The number of rotatable bonds is 6. The molecule has 1 heterocycles. The minimum Gasteiger partial charge on any atom is -0.466 e. The lowest BCUT2D eigenvalue weighted by Crippen LogP contribution is -2.28. The van der Waals surface area contributed by atoms with Gasteiger partial charge >= 0.3 is 0 Å². The van der Waals surface area contributed by atoms with E-state index in [9.17, 15) is 0 Å². The number of halogens is 1. The molecule has 1 aliphatic rings. The lowest BCUT2D eigenvalue weighted by Gasteiger charge is -2.33. The minimum absolute atomic E-state index is 0.358. The molecule has 0 amide bonds. The summed E-state index contributed by atoms with van der Waals surface area (Å²) in [6.07, 6.45) is 11.4. The van der Waals surface area contributed by atoms with E-state index in [1.165, 1.54) is 44.9 Å². The molecule has 2 rings (SSSR count). The summed E-state index contributed by atoms with van der Waals surface area (Å²) in [4.78, 5) is 0. The first-order chi connectivity index (χ1) is 9.26. The fourth-order valence-electron chi connectivity index (χ4n) is 3.41. The van der Waals surface area contributed by atoms with Gasteiger partial charge < -0.3 is 9.73 Å². The number of furan rings is 1. The van der Waals surface area contributed by atoms with Crippen LogP contribution in [0.15, 0.2) is 21.2 Å². The molecule has 1 fully saturated rings. The van der Waals surface area contributed by atoms with Crippen molar-refractivity contribution in [3.8, 4) is 0 Å². The van der Waals surface area contributed by atoms with Crippen molar-refractivity contribution in [3.63, 3.8) is 0 Å². The van der Waals surface area contributed by atoms with E-state index in [0.29, 0.717) is 12.0 Å². The lowest BCUT2D eigenvalue weighted by molar-refractivity contribution is 0.203. The van der Waals surface area contributed by atoms with Crippen molar-refractivity contribution in [3.05, 3.63) is 22.6 Å². The summed E-state index contributed by atoms with van der Waals surface area (Å²) in [5.41, 5.74) is 0. The Kier molecular flexibility index (Phi) is 5.96. The van der Waals surface area contributed by atoms with Crippen molar-refractivity contribution in [2.75, 3.05) is 7.05 Å². The second-order valence-electron chi connectivity index (χ2n) is 5.82. The fraction of sp³-hybridized carbons (Fsp3) is 0.750. The second-order valence-corrected chi connectivity index (χ2v) is 6.68. The molecule has 1 atom stereocenters. The molecular formula is C16H26BrNO. The maximum Gasteiger partial charge on any atom is 0.135 e. The van der Waals surface area contributed by atoms with Crippen LogP contribution in [-0.4, -0.2) is 7.05 Å². The molecule has 0 saturated heterocycles. The standard InChI is InChI=1S/C16H26BrNO/c1-3-4-5-12-6-8-13(9-7-12)15(18-2)16-14(17)10-11-19-16/h10-13,15,18H,3-9H2,1-2H3. The molecule has 1 aliphatic carbocycles. The molecule has 1 saturated carbocycles. The molecule has 1 aromatic heterocycles. The van der Waals surface area contributed by atoms with Crippen molar-refractivity contribution in [2.24, 2.45) is 11.8 Å². The molecule has 0 bridgehead atoms. The average Bonchev–Trinajstić information content (AvgIpc) is 2.85. The summed E-state index contributed by atoms with van der Waals surface area (Å²) < 4.78 is 6.75. The summed E-state index contributed by atoms with van der Waals surface area (Å²) >= 11 is 3.59. The highest BCUT2D eigenvalue weighted by atomic mass is 79.9. The first-order valence-corrected chi connectivity index (χ1v) is 8.45. The molecule has 0 aromatic carbocycles. The first kappa shape index (κ1) is 15.1. The summed E-state index contributed by atoms with van der Waals surface area (Å²) in [6, 6.07) is 2.35. The van der Waals surface area contributed by atoms with Crippen molar-refractivity contribution >= 4 is 15.9 Å². The molecule has 0 aliphatic heterocycles. The largest absolute Gasteiger partial charge is 0.466 e. The van der Waals surface area contributed by atoms with Gasteiger partial charge in [-0.15, -0.1) is 0 Å². The number of unbranched alkanes of at least 4 members (excludes halogenated alkanes) is 1. The molecule has 1 aromatic rings. The van der Waals surface area contributed by atoms with Gasteiger partial charge in [-0.2, -0.15) is 0 Å². The summed E-state index contributed by atoms with van der Waals surface area (Å²) in [5, 5.41) is 3.45. The van der Waals surface area contributed by atoms with Gasteiger partial charge in [0, 0.05) is 0 Å². The van der Waals surface area contributed by atoms with Crippen molar-refractivity contribution < 1.29 is 4.42 Å². The molecular weight excluding hydrogens is 302 g/mol. The second kappa shape index (κ2) is 7.49. The Morgan fingerprint density at radius 2 is 2.11 bits per heavy atom. The zero-order chi connectivity index (χ0) is 13.7. The summed E-state index contributed by atoms with van der Waals surface area (Å²) in [6.45, 7) is 2.29. The normalized spacial score (nSPS) is 25.4. The van der Waals surface area contributed by atoms with Crippen molar-refractivity contribution in [1.29, 1.82) is 0 Å². The van der Waals surface area contributed by atoms with Gasteiger partial charge in [-0.25, -0.2) is 0 Å². The van der Waals surface area contributed by atoms with E-state index in [1.54, 1.807) is 6.26 Å². The molecule has 0 radical (unpaired) electrons. The van der Waals surface area contributed by atoms with Crippen LogP contribution in [0, 0.1) is 11.8 Å². The highest BCUT2D eigenvalue weighted by molar-refractivity contribution is 9.10. The Morgan fingerprint density at radius 3 is 2.63 bits per heavy atom. The Hall–Kier alpha value is -0.280. The van der Waals surface area contributed by atoms with Gasteiger partial charge in [-0.05, 0) is 53.7 Å². The highest BCUT2D eigenvalue weighted by Gasteiger charge is 2.30. The Morgan fingerprint density at radius 1 is 1.37 bits per heavy atom. The van der Waals surface area contributed by atoms with Crippen molar-refractivity contribution in [1.82, 2.24) is 5.32 Å². The van der Waals surface area contributed by atoms with Gasteiger partial charge in [0.05, 0.1) is 16.8 Å². The predicted octanol–water partition coefficient (Wildman–Crippen LogP) is 5.30.